The van der Waals surface area contributed by atoms with Crippen LogP contribution in [0.3, 0.4) is 0 Å². The lowest BCUT2D eigenvalue weighted by Gasteiger charge is -2.29. The van der Waals surface area contributed by atoms with Crippen LogP contribution in [-0.4, -0.2) is 195 Å². The number of carbonyl (C=O) groups is 14. The van der Waals surface area contributed by atoms with Gasteiger partial charge in [-0.3, -0.25) is 67.1 Å². The number of hydrogen-bond donors (Lipinski definition) is 17. The number of ketones is 4. The Hall–Kier alpha value is -8.88. The summed E-state index contributed by atoms with van der Waals surface area (Å²) in [7, 11) is 0. The van der Waals surface area contributed by atoms with Gasteiger partial charge in [-0.15, -0.1) is 0 Å². The number of hydrogen-bond acceptors (Lipinski definition) is 20. The Morgan fingerprint density at radius 1 is 0.495 bits per heavy atom. The fraction of sp³-hybridized carbons (Fsp3) is 0.588. The van der Waals surface area contributed by atoms with Crippen molar-refractivity contribution in [1.29, 1.82) is 0 Å². The van der Waals surface area contributed by atoms with Crippen LogP contribution in [0.15, 0.2) is 60.8 Å². The van der Waals surface area contributed by atoms with Crippen molar-refractivity contribution < 1.29 is 87.5 Å². The standard InChI is InChI=1S/C68H103N13O18/c1-8-38(6)47(63(93)75-39(7)68(98)99)31-56(87)59(37(4)5)81-61(91)41(18-19-57(88)89)29-54(85)51(26-40-14-10-9-11-15-40)78-65(95)50(22-25-71)76-64(94)49(21-24-70)77-67(97)53(35-83)80-66(96)52(28-43-32-73-48-17-13-12-16-46(43)48)79-62(92)44(34-82)27-45(84)33-74-60(90)42(20-23-69)30-55(86)58(72)36(2)3/h9-17,32,36-39,41-42,44,47,49-53,58-59,73,82-83H,8,18-31,33-35,69-72H2,1-7H3,(H,74,90)(H,75,93)(H,76,94)(H,77,97)(H,78,95)(H,79,92)(H,80,96)(H,81,91)(H,88,89)(H,98,99)/t38-,39-,41+,42-,44+,47+,49-,50+,51-,52+,53-,58+,59-/m0/s1. The van der Waals surface area contributed by atoms with E-state index in [1.807, 2.05) is 0 Å². The number of aliphatic carboxylic acids is 2. The summed E-state index contributed by atoms with van der Waals surface area (Å²) >= 11 is 0. The highest BCUT2D eigenvalue weighted by Crippen LogP contribution is 2.25. The number of nitrogens with two attached hydrogens (primary N) is 4. The molecule has 0 spiro atoms. The summed E-state index contributed by atoms with van der Waals surface area (Å²) in [6.45, 7) is 8.54. The van der Waals surface area contributed by atoms with Gasteiger partial charge in [0.15, 0.2) is 23.1 Å². The monoisotopic (exact) mass is 1390 g/mol. The second-order valence-corrected chi connectivity index (χ2v) is 25.7. The highest BCUT2D eigenvalue weighted by Gasteiger charge is 2.38. The minimum absolute atomic E-state index is 0.0511. The smallest absolute Gasteiger partial charge is 0.325 e. The zero-order valence-electron chi connectivity index (χ0n) is 57.5. The average Bonchev–Trinajstić information content (AvgIpc) is 1.75. The van der Waals surface area contributed by atoms with Gasteiger partial charge in [0.25, 0.3) is 0 Å². The van der Waals surface area contributed by atoms with Crippen LogP contribution >= 0.6 is 0 Å². The van der Waals surface area contributed by atoms with Crippen LogP contribution in [0.25, 0.3) is 10.9 Å². The Bertz CT molecular complexity index is 3240. The zero-order valence-corrected chi connectivity index (χ0v) is 57.5. The molecule has 0 radical (unpaired) electrons. The number of Topliss-reactive ketones (excluding diaryl/α,β-unsaturated/α-hetero) is 4. The molecule has 0 saturated heterocycles. The Balaban J connectivity index is 1.87. The fourth-order valence-electron chi connectivity index (χ4n) is 10.9. The van der Waals surface area contributed by atoms with E-state index in [-0.39, 0.29) is 69.9 Å². The quantitative estimate of drug-likeness (QED) is 0.0304. The van der Waals surface area contributed by atoms with Gasteiger partial charge in [0.2, 0.25) is 47.3 Å². The van der Waals surface area contributed by atoms with Crippen LogP contribution in [0.4, 0.5) is 0 Å². The summed E-state index contributed by atoms with van der Waals surface area (Å²) in [5.74, 6) is -18.3. The van der Waals surface area contributed by atoms with Gasteiger partial charge < -0.3 is 90.9 Å². The third-order valence-corrected chi connectivity index (χ3v) is 17.3. The molecule has 21 N–H and O–H groups in total. The summed E-state index contributed by atoms with van der Waals surface area (Å²) in [6, 6.07) is 4.04. The van der Waals surface area contributed by atoms with E-state index < -0.39 is 212 Å². The van der Waals surface area contributed by atoms with Crippen molar-refractivity contribution in [1.82, 2.24) is 47.5 Å². The van der Waals surface area contributed by atoms with Crippen LogP contribution in [-0.2, 0) is 80.0 Å². The van der Waals surface area contributed by atoms with E-state index in [9.17, 15) is 87.5 Å². The second-order valence-electron chi connectivity index (χ2n) is 25.7. The molecule has 1 heterocycles. The molecule has 0 unspecified atom stereocenters. The van der Waals surface area contributed by atoms with Crippen molar-refractivity contribution >= 4 is 93.2 Å². The lowest BCUT2D eigenvalue weighted by atomic mass is 9.83. The molecule has 13 atom stereocenters. The van der Waals surface area contributed by atoms with E-state index in [2.05, 4.69) is 47.5 Å². The van der Waals surface area contributed by atoms with Crippen LogP contribution < -0.4 is 65.5 Å². The number of nitrogens with one attached hydrogen (secondary N) is 9. The maximum absolute atomic E-state index is 14.6. The topological polar surface area (TPSA) is 536 Å². The predicted octanol–water partition coefficient (Wildman–Crippen LogP) is -1.55. The van der Waals surface area contributed by atoms with Gasteiger partial charge in [0, 0.05) is 73.4 Å². The number of amides is 8. The van der Waals surface area contributed by atoms with E-state index in [1.54, 1.807) is 102 Å². The maximum atomic E-state index is 14.6. The molecule has 3 rings (SSSR count). The molecule has 548 valence electrons. The van der Waals surface area contributed by atoms with Crippen LogP contribution in [0.1, 0.15) is 124 Å². The Morgan fingerprint density at radius 2 is 1.02 bits per heavy atom. The highest BCUT2D eigenvalue weighted by atomic mass is 16.4. The van der Waals surface area contributed by atoms with Gasteiger partial charge in [-0.05, 0) is 93.6 Å². The number of H-pyrrole nitrogens is 1. The Kier molecular flexibility index (Phi) is 36.5. The van der Waals surface area contributed by atoms with Gasteiger partial charge in [-0.1, -0.05) is 96.5 Å². The first kappa shape index (κ1) is 84.3. The first-order chi connectivity index (χ1) is 46.8. The first-order valence-electron chi connectivity index (χ1n) is 33.5. The lowest BCUT2D eigenvalue weighted by Crippen LogP contribution is -2.60. The van der Waals surface area contributed by atoms with E-state index in [4.69, 9.17) is 22.9 Å². The van der Waals surface area contributed by atoms with Gasteiger partial charge in [-0.25, -0.2) is 0 Å². The molecule has 31 nitrogen and oxygen atoms in total. The minimum Gasteiger partial charge on any atom is -0.481 e. The third kappa shape index (κ3) is 27.8. The van der Waals surface area contributed by atoms with Crippen molar-refractivity contribution in [2.24, 2.45) is 64.4 Å². The molecular weight excluding hydrogens is 1290 g/mol. The summed E-state index contributed by atoms with van der Waals surface area (Å²) in [5, 5.41) is 60.8. The largest absolute Gasteiger partial charge is 0.481 e. The molecule has 2 aromatic carbocycles. The van der Waals surface area contributed by atoms with Gasteiger partial charge in [0.05, 0.1) is 43.8 Å². The van der Waals surface area contributed by atoms with E-state index >= 15 is 0 Å². The number of aliphatic hydroxyl groups is 2. The number of carboxylic acid groups (broad SMARTS) is 2. The molecule has 1 aromatic heterocycles. The zero-order chi connectivity index (χ0) is 74.2. The number of carboxylic acids is 2. The third-order valence-electron chi connectivity index (χ3n) is 17.3. The molecule has 31 heteroatoms. The Labute approximate surface area is 575 Å². The average molecular weight is 1390 g/mol. The summed E-state index contributed by atoms with van der Waals surface area (Å²) in [5.41, 5.74) is 25.2. The van der Waals surface area contributed by atoms with Crippen LogP contribution in [0.5, 0.6) is 0 Å². The number of aromatic nitrogens is 1. The number of carbonyl (C=O) groups excluding carboxylic acids is 12. The van der Waals surface area contributed by atoms with E-state index in [1.165, 1.54) is 6.92 Å². The normalized spacial score (nSPS) is 15.3. The van der Waals surface area contributed by atoms with E-state index in [0.29, 0.717) is 28.5 Å². The SMILES string of the molecule is CC[C@H](C)[C@@H](CC(=O)[C@@H](NC(=O)[C@H](CCC(=O)O)CC(=O)[C@H](Cc1ccccc1)NC(=O)[C@@H](CCN)NC(=O)[C@H](CCN)NC(=O)[C@H](CO)NC(=O)[C@@H](Cc1c[nH]c2ccccc12)NC(=O)[C@@H](CO)CC(=O)CNC(=O)[C@@H](CCN)CC(=O)[C@H](N)C(C)C)C(C)C)C(=O)N[C@@H](C)C(=O)O. The number of para-hydroxylation sites is 1. The maximum Gasteiger partial charge on any atom is 0.325 e. The van der Waals surface area contributed by atoms with Crippen molar-refractivity contribution in [3.63, 3.8) is 0 Å². The van der Waals surface area contributed by atoms with E-state index in [0.717, 1.165) is 0 Å². The lowest BCUT2D eigenvalue weighted by molar-refractivity contribution is -0.143. The molecule has 0 aliphatic heterocycles. The molecule has 0 aliphatic rings. The van der Waals surface area contributed by atoms with Crippen molar-refractivity contribution in [3.05, 3.63) is 71.9 Å². The fourth-order valence-corrected chi connectivity index (χ4v) is 10.9. The van der Waals surface area contributed by atoms with Crippen LogP contribution in [0.2, 0.25) is 0 Å². The number of benzene rings is 2. The second kappa shape index (κ2) is 42.8. The molecule has 99 heavy (non-hydrogen) atoms. The molecule has 0 saturated carbocycles. The van der Waals surface area contributed by atoms with Crippen molar-refractivity contribution in [2.45, 2.75) is 174 Å². The minimum atomic E-state index is -1.83. The molecule has 8 amide bonds. The molecule has 3 aromatic rings. The van der Waals surface area contributed by atoms with Crippen molar-refractivity contribution in [2.75, 3.05) is 39.4 Å². The Morgan fingerprint density at radius 3 is 1.57 bits per heavy atom. The highest BCUT2D eigenvalue weighted by molar-refractivity contribution is 6.00. The summed E-state index contributed by atoms with van der Waals surface area (Å²) in [6.07, 6.45) is -1.75. The predicted molar refractivity (Wildman–Crippen MR) is 364 cm³/mol. The molecule has 0 fully saturated rings. The number of aliphatic hydroxyl groups excluding tert-OH is 2. The molecule has 0 aliphatic carbocycles. The van der Waals surface area contributed by atoms with Gasteiger partial charge >= 0.3 is 11.9 Å². The molecule has 0 bridgehead atoms. The first-order valence-corrected chi connectivity index (χ1v) is 33.5. The van der Waals surface area contributed by atoms with Crippen LogP contribution in [0, 0.1) is 41.4 Å². The number of fused-ring (bicyclic) bond motifs is 1. The van der Waals surface area contributed by atoms with Crippen molar-refractivity contribution in [3.8, 4) is 0 Å². The van der Waals surface area contributed by atoms with Gasteiger partial charge in [0.1, 0.15) is 30.2 Å². The van der Waals surface area contributed by atoms with Gasteiger partial charge in [-0.2, -0.15) is 0 Å². The summed E-state index contributed by atoms with van der Waals surface area (Å²) in [4.78, 5) is 193. The molecular formula is C68H103N13O18. The number of rotatable bonds is 48. The summed E-state index contributed by atoms with van der Waals surface area (Å²) < 4.78 is 0. The number of aromatic amines is 1.